The van der Waals surface area contributed by atoms with E-state index >= 15 is 0 Å². The lowest BCUT2D eigenvalue weighted by Crippen LogP contribution is -2.41. The van der Waals surface area contributed by atoms with Crippen LogP contribution in [0.3, 0.4) is 0 Å². The van der Waals surface area contributed by atoms with Gasteiger partial charge in [0.25, 0.3) is 5.91 Å². The number of carboxylic acids is 1. The standard InChI is InChI=1S/C13H17BrN2O3/c1-15-8-10(14)6-11(15)13(19)16-4-2-3-9(7-16)5-12(17)18/h6,8-9H,2-5,7H2,1H3,(H,17,18). The van der Waals surface area contributed by atoms with Gasteiger partial charge in [0.15, 0.2) is 0 Å². The number of aryl methyl sites for hydroxylation is 1. The topological polar surface area (TPSA) is 62.5 Å². The van der Waals surface area contributed by atoms with E-state index in [-0.39, 0.29) is 18.2 Å². The first kappa shape index (κ1) is 14.1. The highest BCUT2D eigenvalue weighted by Crippen LogP contribution is 2.22. The van der Waals surface area contributed by atoms with E-state index in [4.69, 9.17) is 5.11 Å². The first-order valence-electron chi connectivity index (χ1n) is 6.30. The predicted molar refractivity (Wildman–Crippen MR) is 74.0 cm³/mol. The molecule has 5 nitrogen and oxygen atoms in total. The van der Waals surface area contributed by atoms with Crippen molar-refractivity contribution in [1.82, 2.24) is 9.47 Å². The van der Waals surface area contributed by atoms with Crippen molar-refractivity contribution in [2.75, 3.05) is 13.1 Å². The second kappa shape index (κ2) is 5.77. The Morgan fingerprint density at radius 2 is 2.26 bits per heavy atom. The predicted octanol–water partition coefficient (Wildman–Crippen LogP) is 2.11. The Kier molecular flexibility index (Phi) is 4.29. The fourth-order valence-electron chi connectivity index (χ4n) is 2.56. The van der Waals surface area contributed by atoms with Gasteiger partial charge in [-0.15, -0.1) is 0 Å². The highest BCUT2D eigenvalue weighted by atomic mass is 79.9. The van der Waals surface area contributed by atoms with Crippen molar-refractivity contribution in [1.29, 1.82) is 0 Å². The van der Waals surface area contributed by atoms with Crippen molar-refractivity contribution in [3.63, 3.8) is 0 Å². The van der Waals surface area contributed by atoms with Gasteiger partial charge in [0.05, 0.1) is 0 Å². The normalized spacial score (nSPS) is 19.5. The maximum absolute atomic E-state index is 12.4. The molecule has 0 radical (unpaired) electrons. The molecule has 0 spiro atoms. The van der Waals surface area contributed by atoms with Crippen LogP contribution in [0.25, 0.3) is 0 Å². The minimum absolute atomic E-state index is 0.0247. The summed E-state index contributed by atoms with van der Waals surface area (Å²) in [6, 6.07) is 1.79. The maximum Gasteiger partial charge on any atom is 0.303 e. The van der Waals surface area contributed by atoms with Crippen LogP contribution in [-0.2, 0) is 11.8 Å². The number of aromatic nitrogens is 1. The van der Waals surface area contributed by atoms with Gasteiger partial charge in [-0.25, -0.2) is 0 Å². The Balaban J connectivity index is 2.07. The summed E-state index contributed by atoms with van der Waals surface area (Å²) in [4.78, 5) is 24.9. The molecule has 0 bridgehead atoms. The molecule has 1 aliphatic heterocycles. The molecule has 2 heterocycles. The molecule has 19 heavy (non-hydrogen) atoms. The molecule has 1 unspecified atom stereocenters. The molecular formula is C13H17BrN2O3. The van der Waals surface area contributed by atoms with Crippen molar-refractivity contribution in [3.8, 4) is 0 Å². The molecular weight excluding hydrogens is 312 g/mol. The fourth-order valence-corrected chi connectivity index (χ4v) is 3.09. The number of rotatable bonds is 3. The van der Waals surface area contributed by atoms with Crippen LogP contribution in [0, 0.1) is 5.92 Å². The van der Waals surface area contributed by atoms with Gasteiger partial charge in [0.1, 0.15) is 5.69 Å². The average Bonchev–Trinajstić information content (AvgIpc) is 2.67. The number of halogens is 1. The molecule has 1 fully saturated rings. The summed E-state index contributed by atoms with van der Waals surface area (Å²) in [5, 5.41) is 8.84. The summed E-state index contributed by atoms with van der Waals surface area (Å²) >= 11 is 3.35. The van der Waals surface area contributed by atoms with Gasteiger partial charge in [-0.1, -0.05) is 0 Å². The molecule has 1 aromatic heterocycles. The van der Waals surface area contributed by atoms with Gasteiger partial charge < -0.3 is 14.6 Å². The molecule has 2 rings (SSSR count). The Labute approximate surface area is 120 Å². The molecule has 1 amide bonds. The Morgan fingerprint density at radius 1 is 1.53 bits per heavy atom. The first-order chi connectivity index (χ1) is 8.97. The summed E-state index contributed by atoms with van der Waals surface area (Å²) in [5.74, 6) is -0.747. The molecule has 0 aromatic carbocycles. The number of likely N-dealkylation sites (tertiary alicyclic amines) is 1. The Hall–Kier alpha value is -1.30. The van der Waals surface area contributed by atoms with E-state index < -0.39 is 5.97 Å². The largest absolute Gasteiger partial charge is 0.481 e. The highest BCUT2D eigenvalue weighted by Gasteiger charge is 2.27. The summed E-state index contributed by atoms with van der Waals surface area (Å²) in [5.41, 5.74) is 0.628. The molecule has 6 heteroatoms. The number of carboxylic acid groups (broad SMARTS) is 1. The monoisotopic (exact) mass is 328 g/mol. The van der Waals surface area contributed by atoms with E-state index in [1.165, 1.54) is 0 Å². The van der Waals surface area contributed by atoms with Gasteiger partial charge in [-0.2, -0.15) is 0 Å². The van der Waals surface area contributed by atoms with Crippen molar-refractivity contribution in [3.05, 3.63) is 22.4 Å². The molecule has 1 N–H and O–H groups in total. The van der Waals surface area contributed by atoms with E-state index in [1.807, 2.05) is 13.2 Å². The number of aliphatic carboxylic acids is 1. The summed E-state index contributed by atoms with van der Waals surface area (Å²) in [7, 11) is 1.83. The van der Waals surface area contributed by atoms with Crippen LogP contribution in [0.5, 0.6) is 0 Å². The zero-order valence-corrected chi connectivity index (χ0v) is 12.4. The zero-order chi connectivity index (χ0) is 14.0. The SMILES string of the molecule is Cn1cc(Br)cc1C(=O)N1CCCC(CC(=O)O)C1. The van der Waals surface area contributed by atoms with Crippen molar-refractivity contribution >= 4 is 27.8 Å². The quantitative estimate of drug-likeness (QED) is 0.924. The number of amides is 1. The molecule has 1 atom stereocenters. The van der Waals surface area contributed by atoms with Crippen molar-refractivity contribution in [2.24, 2.45) is 13.0 Å². The number of carbonyl (C=O) groups is 2. The summed E-state index contributed by atoms with van der Waals surface area (Å²) in [6.07, 6.45) is 3.73. The van der Waals surface area contributed by atoms with Gasteiger partial charge in [0, 0.05) is 37.2 Å². The molecule has 104 valence electrons. The van der Waals surface area contributed by atoms with E-state index in [9.17, 15) is 9.59 Å². The second-order valence-corrected chi connectivity index (χ2v) is 5.93. The minimum atomic E-state index is -0.791. The Morgan fingerprint density at radius 3 is 2.84 bits per heavy atom. The number of hydrogen-bond acceptors (Lipinski definition) is 2. The smallest absolute Gasteiger partial charge is 0.303 e. The second-order valence-electron chi connectivity index (χ2n) is 5.01. The molecule has 0 saturated carbocycles. The fraction of sp³-hybridized carbons (Fsp3) is 0.538. The first-order valence-corrected chi connectivity index (χ1v) is 7.09. The van der Waals surface area contributed by atoms with Crippen LogP contribution in [-0.4, -0.2) is 39.5 Å². The number of piperidine rings is 1. The van der Waals surface area contributed by atoms with Crippen LogP contribution in [0.4, 0.5) is 0 Å². The van der Waals surface area contributed by atoms with Crippen LogP contribution >= 0.6 is 15.9 Å². The molecule has 1 aliphatic rings. The summed E-state index contributed by atoms with van der Waals surface area (Å²) < 4.78 is 2.66. The van der Waals surface area contributed by atoms with Gasteiger partial charge in [-0.05, 0) is 40.8 Å². The third-order valence-electron chi connectivity index (χ3n) is 3.46. The maximum atomic E-state index is 12.4. The molecule has 1 saturated heterocycles. The van der Waals surface area contributed by atoms with Crippen molar-refractivity contribution in [2.45, 2.75) is 19.3 Å². The van der Waals surface area contributed by atoms with Gasteiger partial charge in [-0.3, -0.25) is 9.59 Å². The van der Waals surface area contributed by atoms with Crippen molar-refractivity contribution < 1.29 is 14.7 Å². The third kappa shape index (κ3) is 3.37. The van der Waals surface area contributed by atoms with Gasteiger partial charge >= 0.3 is 5.97 Å². The Bertz CT molecular complexity index is 498. The van der Waals surface area contributed by atoms with Gasteiger partial charge in [0.2, 0.25) is 0 Å². The molecule has 1 aromatic rings. The van der Waals surface area contributed by atoms with Crippen LogP contribution in [0.15, 0.2) is 16.7 Å². The molecule has 0 aliphatic carbocycles. The van der Waals surface area contributed by atoms with E-state index in [0.717, 1.165) is 17.3 Å². The average molecular weight is 329 g/mol. The highest BCUT2D eigenvalue weighted by molar-refractivity contribution is 9.10. The lowest BCUT2D eigenvalue weighted by atomic mass is 9.94. The van der Waals surface area contributed by atoms with E-state index in [1.54, 1.807) is 15.5 Å². The lowest BCUT2D eigenvalue weighted by molar-refractivity contribution is -0.138. The lowest BCUT2D eigenvalue weighted by Gasteiger charge is -2.32. The van der Waals surface area contributed by atoms with E-state index in [2.05, 4.69) is 15.9 Å². The minimum Gasteiger partial charge on any atom is -0.481 e. The number of nitrogens with zero attached hydrogens (tertiary/aromatic N) is 2. The number of carbonyl (C=O) groups excluding carboxylic acids is 1. The van der Waals surface area contributed by atoms with Crippen LogP contribution in [0.1, 0.15) is 29.8 Å². The van der Waals surface area contributed by atoms with E-state index in [0.29, 0.717) is 18.8 Å². The third-order valence-corrected chi connectivity index (χ3v) is 3.89. The summed E-state index contributed by atoms with van der Waals surface area (Å²) in [6.45, 7) is 1.24. The number of hydrogen-bond donors (Lipinski definition) is 1. The van der Waals surface area contributed by atoms with Crippen LogP contribution in [0.2, 0.25) is 0 Å². The van der Waals surface area contributed by atoms with Crippen LogP contribution < -0.4 is 0 Å². The zero-order valence-electron chi connectivity index (χ0n) is 10.8.